The monoisotopic (exact) mass is 212 g/mol. The lowest BCUT2D eigenvalue weighted by molar-refractivity contribution is -0.336. The van der Waals surface area contributed by atoms with E-state index in [2.05, 4.69) is 0 Å². The highest BCUT2D eigenvalue weighted by molar-refractivity contribution is 5.71. The number of benzene rings is 1. The van der Waals surface area contributed by atoms with Gasteiger partial charge in [0.1, 0.15) is 5.92 Å². The van der Waals surface area contributed by atoms with E-state index in [9.17, 15) is 4.79 Å². The smallest absolute Gasteiger partial charge is 0.315 e. The van der Waals surface area contributed by atoms with Gasteiger partial charge >= 0.3 is 5.97 Å². The van der Waals surface area contributed by atoms with Gasteiger partial charge in [0, 0.05) is 0 Å². The third-order valence-corrected chi connectivity index (χ3v) is 2.05. The van der Waals surface area contributed by atoms with Crippen molar-refractivity contribution in [1.29, 1.82) is 0 Å². The minimum Gasteiger partial charge on any atom is -0.481 e. The Morgan fingerprint density at radius 2 is 1.73 bits per heavy atom. The van der Waals surface area contributed by atoms with Gasteiger partial charge < -0.3 is 20.4 Å². The van der Waals surface area contributed by atoms with Gasteiger partial charge in [-0.1, -0.05) is 30.3 Å². The molecule has 1 aromatic carbocycles. The van der Waals surface area contributed by atoms with Gasteiger partial charge in [0.2, 0.25) is 0 Å². The van der Waals surface area contributed by atoms with Gasteiger partial charge in [-0.2, -0.15) is 0 Å². The molecule has 1 atom stereocenters. The van der Waals surface area contributed by atoms with Gasteiger partial charge in [-0.3, -0.25) is 4.79 Å². The summed E-state index contributed by atoms with van der Waals surface area (Å²) in [5, 5.41) is 35.2. The van der Waals surface area contributed by atoms with Gasteiger partial charge in [-0.05, 0) is 12.0 Å². The molecular weight excluding hydrogens is 200 g/mol. The minimum atomic E-state index is -3.21. The third-order valence-electron chi connectivity index (χ3n) is 2.05. The molecule has 0 aromatic heterocycles. The van der Waals surface area contributed by atoms with E-state index in [1.807, 2.05) is 0 Å². The highest BCUT2D eigenvalue weighted by Crippen LogP contribution is 2.17. The van der Waals surface area contributed by atoms with Gasteiger partial charge in [-0.15, -0.1) is 0 Å². The predicted octanol–water partition coefficient (Wildman–Crippen LogP) is -0.439. The van der Waals surface area contributed by atoms with Crippen molar-refractivity contribution in [2.75, 3.05) is 0 Å². The lowest BCUT2D eigenvalue weighted by Gasteiger charge is -2.22. The molecular formula is C10H12O5. The van der Waals surface area contributed by atoms with Crippen molar-refractivity contribution in [1.82, 2.24) is 0 Å². The molecule has 0 saturated heterocycles. The molecule has 0 bridgehead atoms. The van der Waals surface area contributed by atoms with E-state index >= 15 is 0 Å². The Balaban J connectivity index is 2.82. The Bertz CT molecular complexity index is 327. The van der Waals surface area contributed by atoms with Crippen LogP contribution >= 0.6 is 0 Å². The fourth-order valence-corrected chi connectivity index (χ4v) is 1.24. The number of aliphatic hydroxyl groups is 3. The fraction of sp³-hybridized carbons (Fsp3) is 0.300. The Hall–Kier alpha value is -1.43. The molecule has 0 aliphatic heterocycles. The molecule has 0 saturated carbocycles. The Morgan fingerprint density at radius 1 is 1.20 bits per heavy atom. The summed E-state index contributed by atoms with van der Waals surface area (Å²) in [5.41, 5.74) is 0.603. The van der Waals surface area contributed by atoms with Crippen molar-refractivity contribution >= 4 is 5.97 Å². The summed E-state index contributed by atoms with van der Waals surface area (Å²) in [5.74, 6) is -6.34. The molecule has 82 valence electrons. The van der Waals surface area contributed by atoms with Crippen LogP contribution in [0, 0.1) is 5.92 Å². The second-order valence-electron chi connectivity index (χ2n) is 3.27. The SMILES string of the molecule is O=C(O)C(Cc1ccccc1)C(O)(O)O. The number of aliphatic carboxylic acids is 1. The van der Waals surface area contributed by atoms with Crippen LogP contribution in [0.1, 0.15) is 5.56 Å². The number of carbonyl (C=O) groups is 1. The maximum Gasteiger partial charge on any atom is 0.315 e. The maximum absolute atomic E-state index is 10.7. The average molecular weight is 212 g/mol. The van der Waals surface area contributed by atoms with Crippen molar-refractivity contribution in [2.45, 2.75) is 12.4 Å². The van der Waals surface area contributed by atoms with E-state index in [0.29, 0.717) is 5.56 Å². The van der Waals surface area contributed by atoms with Gasteiger partial charge in [-0.25, -0.2) is 0 Å². The molecule has 0 aliphatic rings. The number of hydrogen-bond donors (Lipinski definition) is 4. The lowest BCUT2D eigenvalue weighted by atomic mass is 9.97. The second-order valence-corrected chi connectivity index (χ2v) is 3.27. The molecule has 5 nitrogen and oxygen atoms in total. The van der Waals surface area contributed by atoms with Crippen LogP contribution < -0.4 is 0 Å². The molecule has 15 heavy (non-hydrogen) atoms. The number of rotatable bonds is 4. The van der Waals surface area contributed by atoms with Gasteiger partial charge in [0.25, 0.3) is 5.97 Å². The quantitative estimate of drug-likeness (QED) is 0.507. The first-order chi connectivity index (χ1) is 6.91. The van der Waals surface area contributed by atoms with Crippen LogP contribution in [0.3, 0.4) is 0 Å². The summed E-state index contributed by atoms with van der Waals surface area (Å²) in [4.78, 5) is 10.7. The Kier molecular flexibility index (Phi) is 3.41. The highest BCUT2D eigenvalue weighted by atomic mass is 16.7. The Labute approximate surface area is 86.2 Å². The van der Waals surface area contributed by atoms with Crippen LogP contribution in [0.5, 0.6) is 0 Å². The maximum atomic E-state index is 10.7. The molecule has 0 fully saturated rings. The fourth-order valence-electron chi connectivity index (χ4n) is 1.24. The van der Waals surface area contributed by atoms with Crippen molar-refractivity contribution in [3.8, 4) is 0 Å². The average Bonchev–Trinajstić information content (AvgIpc) is 2.13. The molecule has 0 amide bonds. The van der Waals surface area contributed by atoms with Crippen LogP contribution in [0.15, 0.2) is 30.3 Å². The number of carboxylic acid groups (broad SMARTS) is 1. The summed E-state index contributed by atoms with van der Waals surface area (Å²) >= 11 is 0. The molecule has 0 spiro atoms. The molecule has 4 N–H and O–H groups in total. The van der Waals surface area contributed by atoms with Crippen LogP contribution in [0.25, 0.3) is 0 Å². The molecule has 0 heterocycles. The summed E-state index contributed by atoms with van der Waals surface area (Å²) < 4.78 is 0. The van der Waals surface area contributed by atoms with E-state index in [4.69, 9.17) is 20.4 Å². The molecule has 1 rings (SSSR count). The van der Waals surface area contributed by atoms with Crippen molar-refractivity contribution in [2.24, 2.45) is 5.92 Å². The molecule has 5 heteroatoms. The summed E-state index contributed by atoms with van der Waals surface area (Å²) in [6.45, 7) is 0. The second kappa shape index (κ2) is 4.39. The van der Waals surface area contributed by atoms with Crippen LogP contribution in [-0.2, 0) is 11.2 Å². The van der Waals surface area contributed by atoms with E-state index in [1.54, 1.807) is 30.3 Å². The molecule has 1 unspecified atom stereocenters. The van der Waals surface area contributed by atoms with Crippen molar-refractivity contribution in [3.63, 3.8) is 0 Å². The van der Waals surface area contributed by atoms with Gasteiger partial charge in [0.15, 0.2) is 0 Å². The minimum absolute atomic E-state index is 0.153. The topological polar surface area (TPSA) is 98.0 Å². The van der Waals surface area contributed by atoms with E-state index in [0.717, 1.165) is 0 Å². The van der Waals surface area contributed by atoms with Crippen LogP contribution in [0.2, 0.25) is 0 Å². The molecule has 0 aliphatic carbocycles. The first kappa shape index (κ1) is 11.6. The highest BCUT2D eigenvalue weighted by Gasteiger charge is 2.38. The normalized spacial score (nSPS) is 13.5. The third kappa shape index (κ3) is 3.32. The summed E-state index contributed by atoms with van der Waals surface area (Å²) in [6, 6.07) is 8.43. The lowest BCUT2D eigenvalue weighted by Crippen LogP contribution is -2.43. The van der Waals surface area contributed by atoms with E-state index < -0.39 is 17.9 Å². The van der Waals surface area contributed by atoms with Crippen LogP contribution in [0.4, 0.5) is 0 Å². The first-order valence-corrected chi connectivity index (χ1v) is 4.35. The number of carboxylic acids is 1. The predicted molar refractivity (Wildman–Crippen MR) is 50.7 cm³/mol. The molecule has 1 aromatic rings. The van der Waals surface area contributed by atoms with Crippen molar-refractivity contribution < 1.29 is 25.2 Å². The zero-order chi connectivity index (χ0) is 11.5. The first-order valence-electron chi connectivity index (χ1n) is 4.35. The summed E-state index contributed by atoms with van der Waals surface area (Å²) in [6.07, 6.45) is -0.153. The van der Waals surface area contributed by atoms with E-state index in [1.165, 1.54) is 0 Å². The zero-order valence-electron chi connectivity index (χ0n) is 7.87. The summed E-state index contributed by atoms with van der Waals surface area (Å²) in [7, 11) is 0. The van der Waals surface area contributed by atoms with Crippen molar-refractivity contribution in [3.05, 3.63) is 35.9 Å². The van der Waals surface area contributed by atoms with E-state index in [-0.39, 0.29) is 6.42 Å². The standard InChI is InChI=1S/C10H12O5/c11-9(12)8(10(13,14)15)6-7-4-2-1-3-5-7/h1-5,8,13-15H,6H2,(H,11,12). The Morgan fingerprint density at radius 3 is 2.13 bits per heavy atom. The van der Waals surface area contributed by atoms with Crippen LogP contribution in [-0.4, -0.2) is 32.4 Å². The number of hydrogen-bond acceptors (Lipinski definition) is 4. The zero-order valence-corrected chi connectivity index (χ0v) is 7.87. The largest absolute Gasteiger partial charge is 0.481 e. The van der Waals surface area contributed by atoms with Gasteiger partial charge in [0.05, 0.1) is 0 Å². The molecule has 0 radical (unpaired) electrons.